The Hall–Kier alpha value is 0.430. The molecule has 0 spiro atoms. The molecule has 1 aromatic rings. The molecule has 0 aliphatic heterocycles. The SMILES string of the molecule is CCCN(CCBr)Cc1ccc(Br)cc1Cl. The highest BCUT2D eigenvalue weighted by Gasteiger charge is 2.07. The van der Waals surface area contributed by atoms with Crippen LogP contribution in [0.2, 0.25) is 5.02 Å². The Morgan fingerprint density at radius 3 is 2.62 bits per heavy atom. The highest BCUT2D eigenvalue weighted by molar-refractivity contribution is 9.10. The van der Waals surface area contributed by atoms with Crippen LogP contribution in [0.1, 0.15) is 18.9 Å². The van der Waals surface area contributed by atoms with Gasteiger partial charge in [-0.3, -0.25) is 4.90 Å². The Kier molecular flexibility index (Phi) is 6.97. The van der Waals surface area contributed by atoms with Gasteiger partial charge in [0.2, 0.25) is 0 Å². The van der Waals surface area contributed by atoms with Gasteiger partial charge < -0.3 is 0 Å². The van der Waals surface area contributed by atoms with E-state index in [2.05, 4.69) is 49.7 Å². The van der Waals surface area contributed by atoms with Gasteiger partial charge in [0.1, 0.15) is 0 Å². The molecule has 1 nitrogen and oxygen atoms in total. The summed E-state index contributed by atoms with van der Waals surface area (Å²) in [6.07, 6.45) is 1.17. The zero-order valence-electron chi connectivity index (χ0n) is 9.35. The summed E-state index contributed by atoms with van der Waals surface area (Å²) in [5.74, 6) is 0. The van der Waals surface area contributed by atoms with Crippen LogP contribution in [-0.4, -0.2) is 23.3 Å². The summed E-state index contributed by atoms with van der Waals surface area (Å²) in [4.78, 5) is 2.41. The average Bonchev–Trinajstić information content (AvgIpc) is 2.23. The van der Waals surface area contributed by atoms with Crippen LogP contribution >= 0.6 is 43.5 Å². The van der Waals surface area contributed by atoms with Gasteiger partial charge in [0, 0.05) is 27.9 Å². The maximum Gasteiger partial charge on any atom is 0.0462 e. The lowest BCUT2D eigenvalue weighted by Gasteiger charge is -2.21. The van der Waals surface area contributed by atoms with Crippen LogP contribution in [0, 0.1) is 0 Å². The minimum absolute atomic E-state index is 0.838. The van der Waals surface area contributed by atoms with E-state index in [0.717, 1.165) is 34.5 Å². The van der Waals surface area contributed by atoms with Gasteiger partial charge >= 0.3 is 0 Å². The third-order valence-electron chi connectivity index (χ3n) is 2.35. The zero-order valence-corrected chi connectivity index (χ0v) is 13.3. The van der Waals surface area contributed by atoms with E-state index in [1.807, 2.05) is 12.1 Å². The number of alkyl halides is 1. The second kappa shape index (κ2) is 7.70. The van der Waals surface area contributed by atoms with Gasteiger partial charge in [0.05, 0.1) is 0 Å². The molecule has 16 heavy (non-hydrogen) atoms. The molecule has 0 atom stereocenters. The molecule has 0 amide bonds. The summed E-state index contributed by atoms with van der Waals surface area (Å²) in [5.41, 5.74) is 1.19. The minimum atomic E-state index is 0.838. The van der Waals surface area contributed by atoms with E-state index in [1.54, 1.807) is 0 Å². The number of nitrogens with zero attached hydrogens (tertiary/aromatic N) is 1. The van der Waals surface area contributed by atoms with Crippen molar-refractivity contribution in [3.63, 3.8) is 0 Å². The number of hydrogen-bond acceptors (Lipinski definition) is 1. The van der Waals surface area contributed by atoms with Gasteiger partial charge in [-0.15, -0.1) is 0 Å². The maximum absolute atomic E-state index is 6.21. The van der Waals surface area contributed by atoms with Crippen molar-refractivity contribution in [1.29, 1.82) is 0 Å². The Morgan fingerprint density at radius 2 is 2.06 bits per heavy atom. The monoisotopic (exact) mass is 367 g/mol. The predicted molar refractivity (Wildman–Crippen MR) is 78.5 cm³/mol. The van der Waals surface area contributed by atoms with Crippen LogP contribution in [0.3, 0.4) is 0 Å². The molecule has 0 fully saturated rings. The Bertz CT molecular complexity index is 325. The molecule has 0 aromatic heterocycles. The molecule has 0 N–H and O–H groups in total. The Labute approximate surface area is 119 Å². The van der Waals surface area contributed by atoms with Crippen molar-refractivity contribution in [3.05, 3.63) is 33.3 Å². The summed E-state index contributed by atoms with van der Waals surface area (Å²) < 4.78 is 1.03. The summed E-state index contributed by atoms with van der Waals surface area (Å²) in [5, 5.41) is 1.84. The first-order chi connectivity index (χ1) is 7.67. The normalized spacial score (nSPS) is 11.1. The quantitative estimate of drug-likeness (QED) is 0.657. The van der Waals surface area contributed by atoms with Crippen molar-refractivity contribution in [3.8, 4) is 0 Å². The first-order valence-corrected chi connectivity index (χ1v) is 7.69. The van der Waals surface area contributed by atoms with Crippen LogP contribution in [0.4, 0.5) is 0 Å². The number of rotatable bonds is 6. The average molecular weight is 370 g/mol. The van der Waals surface area contributed by atoms with Crippen LogP contribution in [0.25, 0.3) is 0 Å². The van der Waals surface area contributed by atoms with Gasteiger partial charge in [-0.2, -0.15) is 0 Å². The van der Waals surface area contributed by atoms with Crippen molar-refractivity contribution in [2.75, 3.05) is 18.4 Å². The van der Waals surface area contributed by atoms with E-state index in [-0.39, 0.29) is 0 Å². The third kappa shape index (κ3) is 4.74. The fourth-order valence-electron chi connectivity index (χ4n) is 1.60. The molecular formula is C12H16Br2ClN. The van der Waals surface area contributed by atoms with Gasteiger partial charge in [-0.05, 0) is 30.7 Å². The molecule has 4 heteroatoms. The fraction of sp³-hybridized carbons (Fsp3) is 0.500. The molecule has 1 rings (SSSR count). The highest BCUT2D eigenvalue weighted by atomic mass is 79.9. The Morgan fingerprint density at radius 1 is 1.31 bits per heavy atom. The van der Waals surface area contributed by atoms with E-state index in [0.29, 0.717) is 0 Å². The first-order valence-electron chi connectivity index (χ1n) is 5.39. The summed E-state index contributed by atoms with van der Waals surface area (Å²) >= 11 is 13.1. The number of halogens is 3. The van der Waals surface area contributed by atoms with Crippen LogP contribution in [0.15, 0.2) is 22.7 Å². The first kappa shape index (κ1) is 14.5. The minimum Gasteiger partial charge on any atom is -0.298 e. The molecule has 90 valence electrons. The fourth-order valence-corrected chi connectivity index (χ4v) is 2.83. The van der Waals surface area contributed by atoms with Gasteiger partial charge in [0.25, 0.3) is 0 Å². The summed E-state index contributed by atoms with van der Waals surface area (Å²) in [7, 11) is 0. The van der Waals surface area contributed by atoms with E-state index in [4.69, 9.17) is 11.6 Å². The van der Waals surface area contributed by atoms with Gasteiger partial charge in [0.15, 0.2) is 0 Å². The molecule has 0 radical (unpaired) electrons. The second-order valence-electron chi connectivity index (χ2n) is 3.70. The van der Waals surface area contributed by atoms with E-state index < -0.39 is 0 Å². The lowest BCUT2D eigenvalue weighted by atomic mass is 10.2. The highest BCUT2D eigenvalue weighted by Crippen LogP contribution is 2.22. The maximum atomic E-state index is 6.21. The third-order valence-corrected chi connectivity index (χ3v) is 3.55. The lowest BCUT2D eigenvalue weighted by Crippen LogP contribution is -2.26. The van der Waals surface area contributed by atoms with Gasteiger partial charge in [-0.25, -0.2) is 0 Å². The van der Waals surface area contributed by atoms with Crippen molar-refractivity contribution in [1.82, 2.24) is 4.90 Å². The number of benzene rings is 1. The largest absolute Gasteiger partial charge is 0.298 e. The molecule has 0 unspecified atom stereocenters. The zero-order chi connectivity index (χ0) is 12.0. The summed E-state index contributed by atoms with van der Waals surface area (Å²) in [6, 6.07) is 6.08. The smallest absolute Gasteiger partial charge is 0.0462 e. The Balaban J connectivity index is 2.68. The molecule has 0 saturated heterocycles. The van der Waals surface area contributed by atoms with E-state index in [1.165, 1.54) is 12.0 Å². The molecule has 0 heterocycles. The molecular weight excluding hydrogens is 353 g/mol. The van der Waals surface area contributed by atoms with Crippen LogP contribution in [-0.2, 0) is 6.54 Å². The van der Waals surface area contributed by atoms with Gasteiger partial charge in [-0.1, -0.05) is 56.5 Å². The van der Waals surface area contributed by atoms with Crippen molar-refractivity contribution in [2.24, 2.45) is 0 Å². The lowest BCUT2D eigenvalue weighted by molar-refractivity contribution is 0.284. The second-order valence-corrected chi connectivity index (χ2v) is 5.82. The van der Waals surface area contributed by atoms with E-state index in [9.17, 15) is 0 Å². The van der Waals surface area contributed by atoms with Crippen molar-refractivity contribution in [2.45, 2.75) is 19.9 Å². The molecule has 0 aliphatic rings. The number of hydrogen-bond donors (Lipinski definition) is 0. The molecule has 0 aliphatic carbocycles. The standard InChI is InChI=1S/C12H16Br2ClN/c1-2-6-16(7-5-13)9-10-3-4-11(14)8-12(10)15/h3-4,8H,2,5-7,9H2,1H3. The summed E-state index contributed by atoms with van der Waals surface area (Å²) in [6.45, 7) is 5.29. The van der Waals surface area contributed by atoms with Crippen LogP contribution in [0.5, 0.6) is 0 Å². The van der Waals surface area contributed by atoms with Crippen LogP contribution < -0.4 is 0 Å². The predicted octanol–water partition coefficient (Wildman–Crippen LogP) is 4.71. The molecule has 0 bridgehead atoms. The van der Waals surface area contributed by atoms with E-state index >= 15 is 0 Å². The van der Waals surface area contributed by atoms with Crippen molar-refractivity contribution < 1.29 is 0 Å². The van der Waals surface area contributed by atoms with Crippen molar-refractivity contribution >= 4 is 43.5 Å². The molecule has 1 aromatic carbocycles. The molecule has 0 saturated carbocycles. The topological polar surface area (TPSA) is 3.24 Å².